The van der Waals surface area contributed by atoms with Crippen molar-refractivity contribution >= 4 is 16.8 Å². The first-order valence-electron chi connectivity index (χ1n) is 10.3. The van der Waals surface area contributed by atoms with Crippen LogP contribution in [-0.2, 0) is 20.8 Å². The number of ether oxygens (including phenoxy) is 2. The van der Waals surface area contributed by atoms with Crippen LogP contribution in [0.15, 0.2) is 29.1 Å². The molecule has 1 aromatic heterocycles. The van der Waals surface area contributed by atoms with Crippen LogP contribution >= 0.6 is 0 Å². The Morgan fingerprint density at radius 2 is 2.17 bits per heavy atom. The van der Waals surface area contributed by atoms with Crippen LogP contribution in [0.1, 0.15) is 32.0 Å². The Balaban J connectivity index is 1.47. The zero-order chi connectivity index (χ0) is 20.5. The molecule has 0 unspecified atom stereocenters. The number of aromatic amines is 1. The fourth-order valence-electron chi connectivity index (χ4n) is 3.27. The van der Waals surface area contributed by atoms with Gasteiger partial charge in [-0.15, -0.1) is 0 Å². The van der Waals surface area contributed by atoms with E-state index < -0.39 is 6.10 Å². The van der Waals surface area contributed by atoms with Gasteiger partial charge in [0, 0.05) is 32.8 Å². The summed E-state index contributed by atoms with van der Waals surface area (Å²) in [7, 11) is 0. The molecular formula is C21H30N4O4. The number of unbranched alkanes of at least 4 members (excludes halogenated alkanes) is 1. The van der Waals surface area contributed by atoms with E-state index >= 15 is 0 Å². The van der Waals surface area contributed by atoms with Crippen molar-refractivity contribution in [2.24, 2.45) is 0 Å². The quantitative estimate of drug-likeness (QED) is 0.584. The molecule has 0 bridgehead atoms. The van der Waals surface area contributed by atoms with Crippen LogP contribution in [0, 0.1) is 0 Å². The highest BCUT2D eigenvalue weighted by atomic mass is 16.5. The minimum absolute atomic E-state index is 0.108. The van der Waals surface area contributed by atoms with Crippen LogP contribution < -0.4 is 10.9 Å². The van der Waals surface area contributed by atoms with Gasteiger partial charge in [-0.3, -0.25) is 14.5 Å². The van der Waals surface area contributed by atoms with Crippen LogP contribution in [0.5, 0.6) is 0 Å². The van der Waals surface area contributed by atoms with E-state index in [4.69, 9.17) is 9.47 Å². The number of benzene rings is 1. The van der Waals surface area contributed by atoms with E-state index in [1.54, 1.807) is 6.07 Å². The molecule has 1 saturated heterocycles. The van der Waals surface area contributed by atoms with Gasteiger partial charge in [0.1, 0.15) is 11.9 Å². The molecule has 8 heteroatoms. The summed E-state index contributed by atoms with van der Waals surface area (Å²) in [6.07, 6.45) is 2.45. The lowest BCUT2D eigenvalue weighted by Crippen LogP contribution is -2.49. The first kappa shape index (κ1) is 21.4. The number of aromatic nitrogens is 2. The van der Waals surface area contributed by atoms with Gasteiger partial charge < -0.3 is 19.8 Å². The summed E-state index contributed by atoms with van der Waals surface area (Å²) >= 11 is 0. The van der Waals surface area contributed by atoms with Crippen LogP contribution in [-0.4, -0.2) is 66.3 Å². The summed E-state index contributed by atoms with van der Waals surface area (Å²) in [6.45, 7) is 6.22. The van der Waals surface area contributed by atoms with Crippen molar-refractivity contribution in [2.75, 3.05) is 39.5 Å². The Hall–Kier alpha value is -2.29. The maximum Gasteiger partial charge on any atom is 0.258 e. The lowest BCUT2D eigenvalue weighted by Gasteiger charge is -2.31. The molecule has 0 aliphatic carbocycles. The molecule has 1 aliphatic heterocycles. The van der Waals surface area contributed by atoms with Gasteiger partial charge in [0.15, 0.2) is 0 Å². The van der Waals surface area contributed by atoms with E-state index in [9.17, 15) is 9.59 Å². The number of morpholine rings is 1. The molecule has 2 N–H and O–H groups in total. The normalized spacial score (nSPS) is 17.5. The number of fused-ring (bicyclic) bond motifs is 1. The van der Waals surface area contributed by atoms with E-state index in [1.165, 1.54) is 0 Å². The first-order valence-corrected chi connectivity index (χ1v) is 10.3. The Bertz CT molecular complexity index is 854. The van der Waals surface area contributed by atoms with Gasteiger partial charge in [0.25, 0.3) is 5.56 Å². The molecule has 8 nitrogen and oxygen atoms in total. The van der Waals surface area contributed by atoms with Gasteiger partial charge in [0.2, 0.25) is 5.91 Å². The summed E-state index contributed by atoms with van der Waals surface area (Å²) in [5, 5.41) is 3.49. The first-order chi connectivity index (χ1) is 14.2. The molecule has 1 fully saturated rings. The summed E-state index contributed by atoms with van der Waals surface area (Å²) in [5.74, 6) is 0.488. The number of rotatable bonds is 10. The Kier molecular flexibility index (Phi) is 8.15. The van der Waals surface area contributed by atoms with Crippen molar-refractivity contribution in [1.29, 1.82) is 0 Å². The molecule has 0 spiro atoms. The fraction of sp³-hybridized carbons (Fsp3) is 0.571. The summed E-state index contributed by atoms with van der Waals surface area (Å²) in [4.78, 5) is 34.1. The van der Waals surface area contributed by atoms with Crippen LogP contribution in [0.4, 0.5) is 0 Å². The lowest BCUT2D eigenvalue weighted by atomic mass is 10.2. The number of nitrogens with zero attached hydrogens (tertiary/aromatic N) is 2. The van der Waals surface area contributed by atoms with Crippen molar-refractivity contribution < 1.29 is 14.3 Å². The summed E-state index contributed by atoms with van der Waals surface area (Å²) in [5.41, 5.74) is 0.532. The van der Waals surface area contributed by atoms with Crippen molar-refractivity contribution in [3.63, 3.8) is 0 Å². The van der Waals surface area contributed by atoms with Crippen molar-refractivity contribution in [3.8, 4) is 0 Å². The highest BCUT2D eigenvalue weighted by Gasteiger charge is 2.26. The third-order valence-electron chi connectivity index (χ3n) is 4.89. The molecule has 0 radical (unpaired) electrons. The molecule has 1 aromatic carbocycles. The monoisotopic (exact) mass is 402 g/mol. The van der Waals surface area contributed by atoms with Crippen LogP contribution in [0.25, 0.3) is 10.9 Å². The lowest BCUT2D eigenvalue weighted by molar-refractivity contribution is -0.138. The zero-order valence-electron chi connectivity index (χ0n) is 17.0. The number of nitrogens with one attached hydrogen (secondary N) is 2. The van der Waals surface area contributed by atoms with Crippen molar-refractivity contribution in [2.45, 2.75) is 38.8 Å². The average Bonchev–Trinajstić information content (AvgIpc) is 2.73. The van der Waals surface area contributed by atoms with Gasteiger partial charge in [0.05, 0.1) is 24.1 Å². The Morgan fingerprint density at radius 1 is 1.34 bits per heavy atom. The third-order valence-corrected chi connectivity index (χ3v) is 4.89. The maximum absolute atomic E-state index is 12.4. The highest BCUT2D eigenvalue weighted by molar-refractivity contribution is 5.81. The number of H-pyrrole nitrogens is 1. The molecular weight excluding hydrogens is 372 g/mol. The van der Waals surface area contributed by atoms with Crippen LogP contribution in [0.2, 0.25) is 0 Å². The molecule has 2 aromatic rings. The second-order valence-corrected chi connectivity index (χ2v) is 7.23. The Morgan fingerprint density at radius 3 is 3.03 bits per heavy atom. The van der Waals surface area contributed by atoms with Gasteiger partial charge in [-0.2, -0.15) is 0 Å². The smallest absolute Gasteiger partial charge is 0.258 e. The van der Waals surface area contributed by atoms with Crippen molar-refractivity contribution in [1.82, 2.24) is 20.2 Å². The number of hydrogen-bond acceptors (Lipinski definition) is 6. The molecule has 158 valence electrons. The van der Waals surface area contributed by atoms with Crippen LogP contribution in [0.3, 0.4) is 0 Å². The van der Waals surface area contributed by atoms with Gasteiger partial charge in [-0.1, -0.05) is 25.5 Å². The third kappa shape index (κ3) is 6.35. The molecule has 2 heterocycles. The van der Waals surface area contributed by atoms with E-state index in [0.717, 1.165) is 25.9 Å². The number of para-hydroxylation sites is 1. The van der Waals surface area contributed by atoms with Gasteiger partial charge >= 0.3 is 0 Å². The summed E-state index contributed by atoms with van der Waals surface area (Å²) in [6, 6.07) is 7.27. The predicted octanol–water partition coefficient (Wildman–Crippen LogP) is 1.45. The average molecular weight is 402 g/mol. The van der Waals surface area contributed by atoms with Crippen molar-refractivity contribution in [3.05, 3.63) is 40.4 Å². The predicted molar refractivity (Wildman–Crippen MR) is 111 cm³/mol. The largest absolute Gasteiger partial charge is 0.381 e. The molecule has 3 rings (SSSR count). The number of carbonyl (C=O) groups excluding carboxylic acids is 1. The molecule has 1 aliphatic rings. The minimum Gasteiger partial charge on any atom is -0.381 e. The molecule has 1 amide bonds. The molecule has 29 heavy (non-hydrogen) atoms. The van der Waals surface area contributed by atoms with E-state index in [1.807, 2.05) is 18.2 Å². The number of hydrogen-bond donors (Lipinski definition) is 2. The Labute approximate surface area is 170 Å². The second kappa shape index (κ2) is 11.0. The SMILES string of the molecule is CCCCOCCCNC(=O)[C@@H]1CN(Cc2nc3ccccc3c(=O)[nH]2)CCO1. The minimum atomic E-state index is -0.517. The molecule has 0 saturated carbocycles. The number of carbonyl (C=O) groups is 1. The summed E-state index contributed by atoms with van der Waals surface area (Å²) < 4.78 is 11.1. The van der Waals surface area contributed by atoms with E-state index in [2.05, 4.69) is 27.1 Å². The highest BCUT2D eigenvalue weighted by Crippen LogP contribution is 2.10. The van der Waals surface area contributed by atoms with E-state index in [-0.39, 0.29) is 11.5 Å². The zero-order valence-corrected chi connectivity index (χ0v) is 17.0. The standard InChI is InChI=1S/C21H30N4O4/c1-2-3-11-28-12-6-9-22-21(27)18-14-25(10-13-29-18)15-19-23-17-8-5-4-7-16(17)20(26)24-19/h4-5,7-8,18H,2-3,6,9-15H2,1H3,(H,22,27)(H,23,24,26)/t18-/m0/s1. The maximum atomic E-state index is 12.4. The fourth-order valence-corrected chi connectivity index (χ4v) is 3.27. The second-order valence-electron chi connectivity index (χ2n) is 7.23. The van der Waals surface area contributed by atoms with Gasteiger partial charge in [-0.05, 0) is 25.0 Å². The van der Waals surface area contributed by atoms with Gasteiger partial charge in [-0.25, -0.2) is 4.98 Å². The number of amides is 1. The topological polar surface area (TPSA) is 96.5 Å². The van der Waals surface area contributed by atoms with E-state index in [0.29, 0.717) is 56.1 Å². The molecule has 1 atom stereocenters.